The van der Waals surface area contributed by atoms with E-state index in [1.807, 2.05) is 6.92 Å². The molecule has 5 heteroatoms. The predicted molar refractivity (Wildman–Crippen MR) is 39.3 cm³/mol. The van der Waals surface area contributed by atoms with Crippen LogP contribution in [0.15, 0.2) is 5.29 Å². The van der Waals surface area contributed by atoms with Gasteiger partial charge in [-0.25, -0.2) is 0 Å². The summed E-state index contributed by atoms with van der Waals surface area (Å²) in [5.74, 6) is 0. The minimum atomic E-state index is 0. The molecular formula is C4H12ClN3O. The SMILES string of the molecule is CCN(CCN)N=O.Cl. The first kappa shape index (κ1) is 11.4. The van der Waals surface area contributed by atoms with Crippen LogP contribution in [0.5, 0.6) is 0 Å². The summed E-state index contributed by atoms with van der Waals surface area (Å²) in [6.45, 7) is 3.54. The largest absolute Gasteiger partial charge is 0.329 e. The number of hydrogen-bond acceptors (Lipinski definition) is 3. The second-order valence-electron chi connectivity index (χ2n) is 1.42. The van der Waals surface area contributed by atoms with Gasteiger partial charge in [0.15, 0.2) is 0 Å². The molecule has 0 aromatic heterocycles. The molecular weight excluding hydrogens is 142 g/mol. The van der Waals surface area contributed by atoms with Crippen molar-refractivity contribution in [2.24, 2.45) is 11.0 Å². The number of nitrogens with zero attached hydrogens (tertiary/aromatic N) is 2. The zero-order valence-electron chi connectivity index (χ0n) is 5.41. The summed E-state index contributed by atoms with van der Waals surface area (Å²) >= 11 is 0. The normalized spacial score (nSPS) is 7.78. The zero-order valence-corrected chi connectivity index (χ0v) is 6.23. The molecule has 0 radical (unpaired) electrons. The quantitative estimate of drug-likeness (QED) is 0.469. The standard InChI is InChI=1S/C4H11N3O.ClH/c1-2-7(6-8)4-3-5;/h2-5H2,1H3;1H. The highest BCUT2D eigenvalue weighted by Crippen LogP contribution is 1.82. The highest BCUT2D eigenvalue weighted by Gasteiger charge is 1.93. The Labute approximate surface area is 60.8 Å². The van der Waals surface area contributed by atoms with Crippen molar-refractivity contribution < 1.29 is 0 Å². The molecule has 0 fully saturated rings. The number of likely N-dealkylation sites (N-methyl/N-ethyl adjacent to an activating group) is 1. The molecule has 0 saturated carbocycles. The third kappa shape index (κ3) is 5.52. The summed E-state index contributed by atoms with van der Waals surface area (Å²) in [6, 6.07) is 0. The summed E-state index contributed by atoms with van der Waals surface area (Å²) in [7, 11) is 0. The fourth-order valence-corrected chi connectivity index (χ4v) is 0.406. The molecule has 0 heterocycles. The first-order valence-electron chi connectivity index (χ1n) is 2.63. The van der Waals surface area contributed by atoms with E-state index in [1.54, 1.807) is 0 Å². The van der Waals surface area contributed by atoms with Crippen LogP contribution >= 0.6 is 12.4 Å². The Bertz CT molecular complexity index is 70.8. The molecule has 4 nitrogen and oxygen atoms in total. The van der Waals surface area contributed by atoms with Gasteiger partial charge in [-0.15, -0.1) is 17.3 Å². The highest BCUT2D eigenvalue weighted by atomic mass is 35.5. The van der Waals surface area contributed by atoms with Crippen molar-refractivity contribution in [2.75, 3.05) is 19.6 Å². The predicted octanol–water partition coefficient (Wildman–Crippen LogP) is 0.370. The maximum absolute atomic E-state index is 9.75. The molecule has 0 unspecified atom stereocenters. The molecule has 0 bridgehead atoms. The molecule has 0 rings (SSSR count). The van der Waals surface area contributed by atoms with Crippen molar-refractivity contribution in [1.82, 2.24) is 5.01 Å². The van der Waals surface area contributed by atoms with E-state index in [4.69, 9.17) is 5.73 Å². The third-order valence-corrected chi connectivity index (χ3v) is 0.868. The molecule has 56 valence electrons. The van der Waals surface area contributed by atoms with Gasteiger partial charge in [0.1, 0.15) is 0 Å². The van der Waals surface area contributed by atoms with E-state index < -0.39 is 0 Å². The van der Waals surface area contributed by atoms with E-state index in [2.05, 4.69) is 5.29 Å². The molecule has 0 aliphatic rings. The number of nitroso groups, excluding NO2 is 1. The molecule has 0 aromatic rings. The van der Waals surface area contributed by atoms with Gasteiger partial charge in [0.2, 0.25) is 0 Å². The first-order chi connectivity index (χ1) is 3.85. The lowest BCUT2D eigenvalue weighted by Crippen LogP contribution is -2.23. The molecule has 0 atom stereocenters. The van der Waals surface area contributed by atoms with Crippen molar-refractivity contribution in [3.05, 3.63) is 4.91 Å². The van der Waals surface area contributed by atoms with E-state index >= 15 is 0 Å². The molecule has 0 aromatic carbocycles. The van der Waals surface area contributed by atoms with Gasteiger partial charge in [-0.05, 0) is 6.92 Å². The van der Waals surface area contributed by atoms with Crippen molar-refractivity contribution in [3.63, 3.8) is 0 Å². The van der Waals surface area contributed by atoms with Crippen LogP contribution in [0.4, 0.5) is 0 Å². The van der Waals surface area contributed by atoms with Crippen molar-refractivity contribution in [1.29, 1.82) is 0 Å². The summed E-state index contributed by atoms with van der Waals surface area (Å²) < 4.78 is 0. The molecule has 0 spiro atoms. The number of nitrogens with two attached hydrogens (primary N) is 1. The lowest BCUT2D eigenvalue weighted by atomic mass is 10.6. The maximum atomic E-state index is 9.75. The summed E-state index contributed by atoms with van der Waals surface area (Å²) in [5, 5.41) is 4.07. The molecule has 0 aliphatic heterocycles. The Kier molecular flexibility index (Phi) is 9.73. The van der Waals surface area contributed by atoms with Crippen LogP contribution in [0.25, 0.3) is 0 Å². The lowest BCUT2D eigenvalue weighted by Gasteiger charge is -2.08. The van der Waals surface area contributed by atoms with Gasteiger partial charge >= 0.3 is 0 Å². The van der Waals surface area contributed by atoms with Crippen LogP contribution in [-0.4, -0.2) is 24.6 Å². The van der Waals surface area contributed by atoms with Crippen LogP contribution in [0.3, 0.4) is 0 Å². The monoisotopic (exact) mass is 153 g/mol. The van der Waals surface area contributed by atoms with E-state index in [0.29, 0.717) is 19.6 Å². The second-order valence-corrected chi connectivity index (χ2v) is 1.42. The summed E-state index contributed by atoms with van der Waals surface area (Å²) in [4.78, 5) is 9.75. The third-order valence-electron chi connectivity index (χ3n) is 0.868. The van der Waals surface area contributed by atoms with Gasteiger partial charge < -0.3 is 5.73 Å². The maximum Gasteiger partial charge on any atom is 0.0524 e. The summed E-state index contributed by atoms with van der Waals surface area (Å²) in [6.07, 6.45) is 0. The fraction of sp³-hybridized carbons (Fsp3) is 1.00. The highest BCUT2D eigenvalue weighted by molar-refractivity contribution is 5.85. The van der Waals surface area contributed by atoms with E-state index in [-0.39, 0.29) is 12.4 Å². The van der Waals surface area contributed by atoms with Crippen molar-refractivity contribution >= 4 is 12.4 Å². The average Bonchev–Trinajstić information content (AvgIpc) is 1.83. The minimum absolute atomic E-state index is 0. The van der Waals surface area contributed by atoms with Gasteiger partial charge in [0, 0.05) is 13.1 Å². The topological polar surface area (TPSA) is 58.7 Å². The molecule has 0 saturated heterocycles. The van der Waals surface area contributed by atoms with E-state index in [0.717, 1.165) is 0 Å². The molecule has 0 amide bonds. The average molecular weight is 154 g/mol. The molecule has 9 heavy (non-hydrogen) atoms. The smallest absolute Gasteiger partial charge is 0.0524 e. The Morgan fingerprint density at radius 1 is 1.67 bits per heavy atom. The van der Waals surface area contributed by atoms with E-state index in [1.165, 1.54) is 5.01 Å². The fourth-order valence-electron chi connectivity index (χ4n) is 0.406. The second kappa shape index (κ2) is 7.65. The lowest BCUT2D eigenvalue weighted by molar-refractivity contribution is 0.308. The number of rotatable bonds is 4. The minimum Gasteiger partial charge on any atom is -0.329 e. The van der Waals surface area contributed by atoms with Crippen molar-refractivity contribution in [3.8, 4) is 0 Å². The number of halogens is 1. The van der Waals surface area contributed by atoms with Gasteiger partial charge in [-0.2, -0.15) is 0 Å². The van der Waals surface area contributed by atoms with Crippen molar-refractivity contribution in [2.45, 2.75) is 6.92 Å². The van der Waals surface area contributed by atoms with Crippen LogP contribution in [-0.2, 0) is 0 Å². The van der Waals surface area contributed by atoms with E-state index in [9.17, 15) is 4.91 Å². The van der Waals surface area contributed by atoms with Gasteiger partial charge in [-0.1, -0.05) is 0 Å². The first-order valence-corrected chi connectivity index (χ1v) is 2.63. The zero-order chi connectivity index (χ0) is 6.41. The molecule has 2 N–H and O–H groups in total. The number of hydrogen-bond donors (Lipinski definition) is 1. The van der Waals surface area contributed by atoms with Gasteiger partial charge in [-0.3, -0.25) is 5.01 Å². The Morgan fingerprint density at radius 3 is 2.33 bits per heavy atom. The summed E-state index contributed by atoms with van der Waals surface area (Å²) in [5.41, 5.74) is 5.14. The molecule has 0 aliphatic carbocycles. The van der Waals surface area contributed by atoms with Crippen LogP contribution in [0, 0.1) is 4.91 Å². The van der Waals surface area contributed by atoms with Crippen LogP contribution in [0.1, 0.15) is 6.92 Å². The Hall–Kier alpha value is -0.350. The Balaban J connectivity index is 0. The van der Waals surface area contributed by atoms with Crippen LogP contribution < -0.4 is 5.73 Å². The van der Waals surface area contributed by atoms with Gasteiger partial charge in [0.05, 0.1) is 11.8 Å². The van der Waals surface area contributed by atoms with Gasteiger partial charge in [0.25, 0.3) is 0 Å². The van der Waals surface area contributed by atoms with Crippen LogP contribution in [0.2, 0.25) is 0 Å². The Morgan fingerprint density at radius 2 is 2.22 bits per heavy atom.